The fourth-order valence-electron chi connectivity index (χ4n) is 2.98. The highest BCUT2D eigenvalue weighted by atomic mass is 79.9. The number of nitrogens with one attached hydrogen (secondary N) is 2. The molecule has 0 amide bonds. The maximum Gasteiger partial charge on any atom is 0.222 e. The van der Waals surface area contributed by atoms with Gasteiger partial charge in [0.15, 0.2) is 11.5 Å². The van der Waals surface area contributed by atoms with Crippen molar-refractivity contribution in [2.75, 3.05) is 12.0 Å². The minimum atomic E-state index is 0.437. The number of nitrogens with zero attached hydrogens (tertiary/aromatic N) is 2. The molecule has 0 aliphatic rings. The highest BCUT2D eigenvalue weighted by molar-refractivity contribution is 9.10. The Morgan fingerprint density at radius 3 is 2.65 bits per heavy atom. The van der Waals surface area contributed by atoms with E-state index in [9.17, 15) is 0 Å². The molecule has 0 spiro atoms. The first-order valence-electron chi connectivity index (χ1n) is 9.70. The number of imidazole rings is 1. The van der Waals surface area contributed by atoms with E-state index in [0.717, 1.165) is 31.1 Å². The smallest absolute Gasteiger partial charge is 0.222 e. The zero-order chi connectivity index (χ0) is 21.6. The van der Waals surface area contributed by atoms with Crippen LogP contribution in [0.2, 0.25) is 0 Å². The SMILES string of the molecule is CCOc1cc(/C=N/Nc2nc3ccccc3[nH]2)cc(Br)c1OCc1ccc(Br)cc1. The molecule has 0 atom stereocenters. The molecule has 0 bridgehead atoms. The third-order valence-corrected chi connectivity index (χ3v) is 5.52. The molecule has 3 aromatic carbocycles. The predicted molar refractivity (Wildman–Crippen MR) is 131 cm³/mol. The van der Waals surface area contributed by atoms with Crippen LogP contribution in [0.3, 0.4) is 0 Å². The summed E-state index contributed by atoms with van der Waals surface area (Å²) in [6.07, 6.45) is 1.71. The van der Waals surface area contributed by atoms with Crippen LogP contribution < -0.4 is 14.9 Å². The summed E-state index contributed by atoms with van der Waals surface area (Å²) < 4.78 is 13.7. The molecule has 0 aliphatic carbocycles. The molecule has 0 unspecified atom stereocenters. The number of anilines is 1. The Morgan fingerprint density at radius 2 is 1.87 bits per heavy atom. The van der Waals surface area contributed by atoms with Crippen LogP contribution in [0.1, 0.15) is 18.1 Å². The first-order valence-corrected chi connectivity index (χ1v) is 11.3. The Labute approximate surface area is 196 Å². The molecule has 1 heterocycles. The minimum Gasteiger partial charge on any atom is -0.490 e. The lowest BCUT2D eigenvalue weighted by atomic mass is 10.2. The monoisotopic (exact) mass is 542 g/mol. The zero-order valence-electron chi connectivity index (χ0n) is 16.7. The lowest BCUT2D eigenvalue weighted by Crippen LogP contribution is -2.02. The standard InChI is InChI=1S/C23H20Br2N4O2/c1-2-30-21-12-16(13-26-29-23-27-19-5-3-4-6-20(19)28-23)11-18(25)22(21)31-14-15-7-9-17(24)10-8-15/h3-13H,2,14H2,1H3,(H2,27,28,29)/b26-13+. The average Bonchev–Trinajstić information content (AvgIpc) is 3.17. The predicted octanol–water partition coefficient (Wildman–Crippen LogP) is 6.51. The zero-order valence-corrected chi connectivity index (χ0v) is 19.9. The van der Waals surface area contributed by atoms with E-state index in [1.165, 1.54) is 0 Å². The summed E-state index contributed by atoms with van der Waals surface area (Å²) in [5, 5.41) is 4.29. The summed E-state index contributed by atoms with van der Waals surface area (Å²) >= 11 is 7.05. The molecule has 1 aromatic heterocycles. The Kier molecular flexibility index (Phi) is 6.89. The lowest BCUT2D eigenvalue weighted by molar-refractivity contribution is 0.267. The Balaban J connectivity index is 1.48. The van der Waals surface area contributed by atoms with Crippen LogP contribution in [-0.2, 0) is 6.61 Å². The quantitative estimate of drug-likeness (QED) is 0.196. The number of hydrogen-bond donors (Lipinski definition) is 2. The normalized spacial score (nSPS) is 11.2. The number of para-hydroxylation sites is 2. The van der Waals surface area contributed by atoms with E-state index in [1.807, 2.05) is 67.6 Å². The van der Waals surface area contributed by atoms with Crippen LogP contribution in [0.25, 0.3) is 11.0 Å². The number of ether oxygens (including phenoxy) is 2. The lowest BCUT2D eigenvalue weighted by Gasteiger charge is -2.14. The van der Waals surface area contributed by atoms with E-state index >= 15 is 0 Å². The molecule has 0 saturated carbocycles. The van der Waals surface area contributed by atoms with Gasteiger partial charge in [0.2, 0.25) is 5.95 Å². The van der Waals surface area contributed by atoms with Crippen molar-refractivity contribution < 1.29 is 9.47 Å². The van der Waals surface area contributed by atoms with Gasteiger partial charge in [-0.25, -0.2) is 10.4 Å². The molecule has 8 heteroatoms. The van der Waals surface area contributed by atoms with Gasteiger partial charge in [0.05, 0.1) is 28.3 Å². The number of hydrazone groups is 1. The van der Waals surface area contributed by atoms with E-state index in [2.05, 4.69) is 52.4 Å². The third-order valence-electron chi connectivity index (χ3n) is 4.40. The van der Waals surface area contributed by atoms with Crippen molar-refractivity contribution >= 4 is 55.1 Å². The van der Waals surface area contributed by atoms with Crippen molar-refractivity contribution in [1.82, 2.24) is 9.97 Å². The maximum atomic E-state index is 6.05. The second-order valence-corrected chi connectivity index (χ2v) is 8.42. The van der Waals surface area contributed by atoms with Gasteiger partial charge in [0, 0.05) is 4.47 Å². The summed E-state index contributed by atoms with van der Waals surface area (Å²) in [4.78, 5) is 7.62. The summed E-state index contributed by atoms with van der Waals surface area (Å²) in [5.41, 5.74) is 6.69. The summed E-state index contributed by atoms with van der Waals surface area (Å²) in [6, 6.07) is 19.7. The van der Waals surface area contributed by atoms with Gasteiger partial charge < -0.3 is 14.5 Å². The molecule has 31 heavy (non-hydrogen) atoms. The number of rotatable bonds is 8. The highest BCUT2D eigenvalue weighted by Crippen LogP contribution is 2.37. The van der Waals surface area contributed by atoms with E-state index in [0.29, 0.717) is 30.7 Å². The molecule has 0 radical (unpaired) electrons. The van der Waals surface area contributed by atoms with Gasteiger partial charge in [-0.1, -0.05) is 40.2 Å². The van der Waals surface area contributed by atoms with Crippen LogP contribution in [0.4, 0.5) is 5.95 Å². The first-order chi connectivity index (χ1) is 15.1. The number of benzene rings is 3. The van der Waals surface area contributed by atoms with E-state index in [4.69, 9.17) is 9.47 Å². The fourth-order valence-corrected chi connectivity index (χ4v) is 3.81. The molecule has 0 fully saturated rings. The van der Waals surface area contributed by atoms with Crippen molar-refractivity contribution in [3.05, 3.63) is 80.7 Å². The topological polar surface area (TPSA) is 71.5 Å². The summed E-state index contributed by atoms with van der Waals surface area (Å²) in [7, 11) is 0. The van der Waals surface area contributed by atoms with Gasteiger partial charge in [0.1, 0.15) is 6.61 Å². The number of aromatic nitrogens is 2. The van der Waals surface area contributed by atoms with Gasteiger partial charge in [0.25, 0.3) is 0 Å². The molecule has 4 rings (SSSR count). The van der Waals surface area contributed by atoms with Crippen LogP contribution >= 0.6 is 31.9 Å². The first kappa shape index (κ1) is 21.4. The van der Waals surface area contributed by atoms with Crippen molar-refractivity contribution in [3.8, 4) is 11.5 Å². The van der Waals surface area contributed by atoms with E-state index < -0.39 is 0 Å². The largest absolute Gasteiger partial charge is 0.490 e. The fraction of sp³-hybridized carbons (Fsp3) is 0.130. The highest BCUT2D eigenvalue weighted by Gasteiger charge is 2.12. The van der Waals surface area contributed by atoms with Gasteiger partial charge >= 0.3 is 0 Å². The molecule has 0 aliphatic heterocycles. The minimum absolute atomic E-state index is 0.437. The second kappa shape index (κ2) is 9.98. The molecule has 6 nitrogen and oxygen atoms in total. The van der Waals surface area contributed by atoms with Crippen LogP contribution in [-0.4, -0.2) is 22.8 Å². The Hall–Kier alpha value is -2.84. The van der Waals surface area contributed by atoms with Crippen LogP contribution in [0.15, 0.2) is 74.7 Å². The van der Waals surface area contributed by atoms with Crippen LogP contribution in [0, 0.1) is 0 Å². The van der Waals surface area contributed by atoms with Gasteiger partial charge in [-0.05, 0) is 70.4 Å². The van der Waals surface area contributed by atoms with Gasteiger partial charge in [-0.3, -0.25) is 0 Å². The number of aromatic amines is 1. The molecule has 2 N–H and O–H groups in total. The van der Waals surface area contributed by atoms with Crippen molar-refractivity contribution in [1.29, 1.82) is 0 Å². The number of hydrogen-bond acceptors (Lipinski definition) is 5. The number of H-pyrrole nitrogens is 1. The molecular formula is C23H20Br2N4O2. The molecular weight excluding hydrogens is 524 g/mol. The van der Waals surface area contributed by atoms with E-state index in [1.54, 1.807) is 6.21 Å². The van der Waals surface area contributed by atoms with Gasteiger partial charge in [-0.2, -0.15) is 5.10 Å². The Morgan fingerprint density at radius 1 is 1.06 bits per heavy atom. The summed E-state index contributed by atoms with van der Waals surface area (Å²) in [5.74, 6) is 1.89. The Bertz CT molecular complexity index is 1170. The second-order valence-electron chi connectivity index (χ2n) is 6.65. The van der Waals surface area contributed by atoms with Crippen LogP contribution in [0.5, 0.6) is 11.5 Å². The van der Waals surface area contributed by atoms with E-state index in [-0.39, 0.29) is 0 Å². The van der Waals surface area contributed by atoms with Gasteiger partial charge in [-0.15, -0.1) is 0 Å². The third kappa shape index (κ3) is 5.45. The average molecular weight is 544 g/mol. The maximum absolute atomic E-state index is 6.05. The van der Waals surface area contributed by atoms with Crippen molar-refractivity contribution in [2.45, 2.75) is 13.5 Å². The molecule has 158 valence electrons. The molecule has 0 saturated heterocycles. The number of fused-ring (bicyclic) bond motifs is 1. The number of halogens is 2. The van der Waals surface area contributed by atoms with Crippen molar-refractivity contribution in [3.63, 3.8) is 0 Å². The van der Waals surface area contributed by atoms with Crippen molar-refractivity contribution in [2.24, 2.45) is 5.10 Å². The molecule has 4 aromatic rings. The summed E-state index contributed by atoms with van der Waals surface area (Å²) in [6.45, 7) is 2.90.